The van der Waals surface area contributed by atoms with Crippen molar-refractivity contribution < 1.29 is 13.9 Å². The number of amides is 1. The summed E-state index contributed by atoms with van der Waals surface area (Å²) in [6, 6.07) is 1.92. The lowest BCUT2D eigenvalue weighted by atomic mass is 10.0. The number of carbonyl (C=O) groups is 1. The lowest BCUT2D eigenvalue weighted by molar-refractivity contribution is -0.130. The van der Waals surface area contributed by atoms with E-state index >= 15 is 0 Å². The van der Waals surface area contributed by atoms with Crippen molar-refractivity contribution in [3.05, 3.63) is 18.1 Å². The van der Waals surface area contributed by atoms with Crippen LogP contribution in [0.4, 0.5) is 0 Å². The van der Waals surface area contributed by atoms with Crippen LogP contribution < -0.4 is 0 Å². The lowest BCUT2D eigenvalue weighted by Crippen LogP contribution is -2.40. The second-order valence-corrected chi connectivity index (χ2v) is 8.76. The third-order valence-corrected chi connectivity index (χ3v) is 6.51. The summed E-state index contributed by atoms with van der Waals surface area (Å²) in [5, 5.41) is 9.58. The van der Waals surface area contributed by atoms with Gasteiger partial charge in [0, 0.05) is 19.7 Å². The number of hydrogen-bond acceptors (Lipinski definition) is 6. The van der Waals surface area contributed by atoms with Crippen LogP contribution in [0.2, 0.25) is 0 Å². The van der Waals surface area contributed by atoms with Gasteiger partial charge in [-0.15, -0.1) is 10.2 Å². The zero-order valence-corrected chi connectivity index (χ0v) is 17.4. The number of likely N-dealkylation sites (tertiary alicyclic amines) is 1. The first kappa shape index (κ1) is 19.5. The topological polar surface area (TPSA) is 73.4 Å². The summed E-state index contributed by atoms with van der Waals surface area (Å²) in [5.41, 5.74) is 0.938. The fraction of sp³-hybridized carbons (Fsp3) is 0.650. The number of aryl methyl sites for hydroxylation is 1. The van der Waals surface area contributed by atoms with Crippen molar-refractivity contribution in [2.45, 2.75) is 57.3 Å². The molecule has 152 valence electrons. The Morgan fingerprint density at radius 3 is 2.93 bits per heavy atom. The molecule has 0 bridgehead atoms. The normalized spacial score (nSPS) is 22.7. The molecule has 0 aromatic carbocycles. The van der Waals surface area contributed by atoms with Crippen LogP contribution in [0.5, 0.6) is 0 Å². The fourth-order valence-electron chi connectivity index (χ4n) is 4.00. The van der Waals surface area contributed by atoms with Crippen LogP contribution in [0.15, 0.2) is 21.9 Å². The monoisotopic (exact) mass is 404 g/mol. The Hall–Kier alpha value is -1.80. The van der Waals surface area contributed by atoms with Gasteiger partial charge in [0.15, 0.2) is 11.0 Å². The van der Waals surface area contributed by atoms with Crippen molar-refractivity contribution in [2.75, 3.05) is 25.4 Å². The van der Waals surface area contributed by atoms with Gasteiger partial charge < -0.3 is 14.1 Å². The standard InChI is InChI=1S/C20H28N4O3S/c1-14-5-3-8-23(11-14)18(25)13-28-20-22-21-19(17-7-10-26-15(17)2)24(20)12-16-6-4-9-27-16/h7,10,14,16H,3-6,8-9,11-13H2,1-2H3/t14-,16+/m1/s1. The van der Waals surface area contributed by atoms with Crippen molar-refractivity contribution in [1.82, 2.24) is 19.7 Å². The summed E-state index contributed by atoms with van der Waals surface area (Å²) in [6.45, 7) is 7.37. The molecule has 0 aliphatic carbocycles. The minimum Gasteiger partial charge on any atom is -0.469 e. The van der Waals surface area contributed by atoms with Crippen LogP contribution in [0.1, 0.15) is 38.4 Å². The van der Waals surface area contributed by atoms with E-state index < -0.39 is 0 Å². The zero-order chi connectivity index (χ0) is 19.5. The van der Waals surface area contributed by atoms with Crippen LogP contribution in [-0.4, -0.2) is 57.1 Å². The molecule has 0 N–H and O–H groups in total. The Morgan fingerprint density at radius 1 is 1.32 bits per heavy atom. The van der Waals surface area contributed by atoms with E-state index in [2.05, 4.69) is 21.7 Å². The van der Waals surface area contributed by atoms with Gasteiger partial charge in [-0.05, 0) is 44.6 Å². The largest absolute Gasteiger partial charge is 0.469 e. The third kappa shape index (κ3) is 4.27. The minimum absolute atomic E-state index is 0.167. The number of hydrogen-bond donors (Lipinski definition) is 0. The van der Waals surface area contributed by atoms with Crippen LogP contribution in [0.25, 0.3) is 11.4 Å². The molecule has 2 aromatic rings. The quantitative estimate of drug-likeness (QED) is 0.687. The summed E-state index contributed by atoms with van der Waals surface area (Å²) >= 11 is 1.47. The zero-order valence-electron chi connectivity index (χ0n) is 16.6. The molecular weight excluding hydrogens is 376 g/mol. The molecule has 0 unspecified atom stereocenters. The smallest absolute Gasteiger partial charge is 0.233 e. The SMILES string of the molecule is Cc1occc1-c1nnc(SCC(=O)N2CCC[C@@H](C)C2)n1C[C@@H]1CCCO1. The van der Waals surface area contributed by atoms with E-state index in [4.69, 9.17) is 9.15 Å². The fourth-order valence-corrected chi connectivity index (χ4v) is 4.85. The summed E-state index contributed by atoms with van der Waals surface area (Å²) < 4.78 is 13.4. The summed E-state index contributed by atoms with van der Waals surface area (Å²) in [6.07, 6.45) is 6.26. The average Bonchev–Trinajstić information content (AvgIpc) is 3.42. The van der Waals surface area contributed by atoms with Gasteiger partial charge in [0.1, 0.15) is 5.76 Å². The molecule has 0 saturated carbocycles. The maximum absolute atomic E-state index is 12.7. The summed E-state index contributed by atoms with van der Waals surface area (Å²) in [7, 11) is 0. The van der Waals surface area contributed by atoms with Crippen molar-refractivity contribution in [3.63, 3.8) is 0 Å². The maximum Gasteiger partial charge on any atom is 0.233 e. The molecule has 4 rings (SSSR count). The molecule has 8 heteroatoms. The highest BCUT2D eigenvalue weighted by Gasteiger charge is 2.25. The third-order valence-electron chi connectivity index (χ3n) is 5.56. The van der Waals surface area contributed by atoms with E-state index in [1.165, 1.54) is 18.2 Å². The van der Waals surface area contributed by atoms with Gasteiger partial charge in [-0.2, -0.15) is 0 Å². The van der Waals surface area contributed by atoms with Gasteiger partial charge in [0.25, 0.3) is 0 Å². The second-order valence-electron chi connectivity index (χ2n) is 7.82. The molecule has 2 saturated heterocycles. The van der Waals surface area contributed by atoms with Gasteiger partial charge in [0.05, 0.1) is 30.2 Å². The molecule has 2 fully saturated rings. The first-order valence-corrected chi connectivity index (χ1v) is 11.1. The Morgan fingerprint density at radius 2 is 2.21 bits per heavy atom. The highest BCUT2D eigenvalue weighted by atomic mass is 32.2. The van der Waals surface area contributed by atoms with Gasteiger partial charge in [0.2, 0.25) is 5.91 Å². The van der Waals surface area contributed by atoms with Gasteiger partial charge in [-0.25, -0.2) is 0 Å². The summed E-state index contributed by atoms with van der Waals surface area (Å²) in [5.74, 6) is 2.76. The van der Waals surface area contributed by atoms with Crippen molar-refractivity contribution >= 4 is 17.7 Å². The molecule has 2 aliphatic heterocycles. The minimum atomic E-state index is 0.167. The van der Waals surface area contributed by atoms with Crippen molar-refractivity contribution in [3.8, 4) is 11.4 Å². The second kappa shape index (κ2) is 8.69. The Balaban J connectivity index is 1.50. The molecule has 7 nitrogen and oxygen atoms in total. The Labute approximate surface area is 169 Å². The number of ether oxygens (including phenoxy) is 1. The van der Waals surface area contributed by atoms with E-state index in [1.807, 2.05) is 17.9 Å². The molecule has 2 atom stereocenters. The molecular formula is C20H28N4O3S. The predicted molar refractivity (Wildman–Crippen MR) is 107 cm³/mol. The van der Waals surface area contributed by atoms with E-state index in [0.717, 1.165) is 61.3 Å². The highest BCUT2D eigenvalue weighted by Crippen LogP contribution is 2.29. The maximum atomic E-state index is 12.7. The van der Waals surface area contributed by atoms with Crippen molar-refractivity contribution in [1.29, 1.82) is 0 Å². The number of nitrogens with zero attached hydrogens (tertiary/aromatic N) is 4. The number of aromatic nitrogens is 3. The number of rotatable bonds is 6. The van der Waals surface area contributed by atoms with Gasteiger partial charge in [-0.3, -0.25) is 9.36 Å². The number of furan rings is 1. The molecule has 4 heterocycles. The van der Waals surface area contributed by atoms with Gasteiger partial charge >= 0.3 is 0 Å². The van der Waals surface area contributed by atoms with E-state index in [0.29, 0.717) is 18.2 Å². The first-order valence-electron chi connectivity index (χ1n) is 10.1. The molecule has 28 heavy (non-hydrogen) atoms. The first-order chi connectivity index (χ1) is 13.6. The highest BCUT2D eigenvalue weighted by molar-refractivity contribution is 7.99. The Kier molecular flexibility index (Phi) is 6.06. The molecule has 2 aliphatic rings. The van der Waals surface area contributed by atoms with E-state index in [9.17, 15) is 4.79 Å². The van der Waals surface area contributed by atoms with Crippen LogP contribution >= 0.6 is 11.8 Å². The molecule has 0 radical (unpaired) electrons. The average molecular weight is 405 g/mol. The van der Waals surface area contributed by atoms with Crippen molar-refractivity contribution in [2.24, 2.45) is 5.92 Å². The van der Waals surface area contributed by atoms with Crippen LogP contribution in [0, 0.1) is 12.8 Å². The molecule has 1 amide bonds. The summed E-state index contributed by atoms with van der Waals surface area (Å²) in [4.78, 5) is 14.7. The van der Waals surface area contributed by atoms with Gasteiger partial charge in [-0.1, -0.05) is 18.7 Å². The molecule has 2 aromatic heterocycles. The predicted octanol–water partition coefficient (Wildman–Crippen LogP) is 3.38. The van der Waals surface area contributed by atoms with E-state index in [1.54, 1.807) is 6.26 Å². The number of carbonyl (C=O) groups excluding carboxylic acids is 1. The Bertz CT molecular complexity index is 812. The molecule has 0 spiro atoms. The van der Waals surface area contributed by atoms with E-state index in [-0.39, 0.29) is 12.0 Å². The van der Waals surface area contributed by atoms with Crippen LogP contribution in [0.3, 0.4) is 0 Å². The number of thioether (sulfide) groups is 1. The number of piperidine rings is 1. The van der Waals surface area contributed by atoms with Crippen LogP contribution in [-0.2, 0) is 16.1 Å². The lowest BCUT2D eigenvalue weighted by Gasteiger charge is -2.30.